The molecular formula is C12H16FNO. The second-order valence-corrected chi connectivity index (χ2v) is 4.00. The van der Waals surface area contributed by atoms with Crippen molar-refractivity contribution in [2.75, 3.05) is 19.7 Å². The summed E-state index contributed by atoms with van der Waals surface area (Å²) in [5.41, 5.74) is 1.03. The molecule has 0 aromatic heterocycles. The van der Waals surface area contributed by atoms with Crippen molar-refractivity contribution in [3.63, 3.8) is 0 Å². The molecule has 1 atom stereocenters. The van der Waals surface area contributed by atoms with E-state index in [-0.39, 0.29) is 5.82 Å². The molecule has 2 rings (SSSR count). The predicted octanol–water partition coefficient (Wildman–Crippen LogP) is 1.95. The molecule has 1 aliphatic heterocycles. The van der Waals surface area contributed by atoms with E-state index in [4.69, 9.17) is 4.74 Å². The van der Waals surface area contributed by atoms with Crippen molar-refractivity contribution >= 4 is 0 Å². The van der Waals surface area contributed by atoms with Crippen LogP contribution in [-0.4, -0.2) is 19.7 Å². The van der Waals surface area contributed by atoms with Gasteiger partial charge in [0, 0.05) is 6.54 Å². The van der Waals surface area contributed by atoms with E-state index in [2.05, 4.69) is 5.32 Å². The average molecular weight is 209 g/mol. The third kappa shape index (κ3) is 3.29. The summed E-state index contributed by atoms with van der Waals surface area (Å²) in [6.45, 7) is 3.54. The second-order valence-electron chi connectivity index (χ2n) is 4.00. The van der Waals surface area contributed by atoms with Gasteiger partial charge in [-0.3, -0.25) is 0 Å². The number of halogens is 1. The topological polar surface area (TPSA) is 21.3 Å². The molecule has 1 aromatic rings. The number of ether oxygens (including phenoxy) is 1. The summed E-state index contributed by atoms with van der Waals surface area (Å²) in [6.07, 6.45) is 1.20. The first-order chi connectivity index (χ1) is 7.34. The molecule has 0 aliphatic carbocycles. The highest BCUT2D eigenvalue weighted by molar-refractivity contribution is 5.14. The van der Waals surface area contributed by atoms with Gasteiger partial charge in [0.1, 0.15) is 5.82 Å². The van der Waals surface area contributed by atoms with Gasteiger partial charge in [-0.2, -0.15) is 0 Å². The molecule has 1 fully saturated rings. The molecule has 82 valence electrons. The largest absolute Gasteiger partial charge is 0.376 e. The van der Waals surface area contributed by atoms with Gasteiger partial charge in [-0.15, -0.1) is 0 Å². The Hall–Kier alpha value is -0.930. The summed E-state index contributed by atoms with van der Waals surface area (Å²) in [5.74, 6) is 0.448. The van der Waals surface area contributed by atoms with Crippen LogP contribution in [0.1, 0.15) is 12.0 Å². The lowest BCUT2D eigenvalue weighted by molar-refractivity contribution is 0.0924. The van der Waals surface area contributed by atoms with Crippen molar-refractivity contribution in [2.24, 2.45) is 5.92 Å². The van der Waals surface area contributed by atoms with E-state index in [1.807, 2.05) is 0 Å². The van der Waals surface area contributed by atoms with Gasteiger partial charge in [0.2, 0.25) is 0 Å². The van der Waals surface area contributed by atoms with Gasteiger partial charge in [0.25, 0.3) is 0 Å². The normalized spacial score (nSPS) is 20.7. The molecule has 1 aromatic carbocycles. The summed E-state index contributed by atoms with van der Waals surface area (Å²) in [4.78, 5) is 0. The number of nitrogens with one attached hydrogen (secondary N) is 1. The van der Waals surface area contributed by atoms with Crippen LogP contribution in [0.2, 0.25) is 0 Å². The highest BCUT2D eigenvalue weighted by atomic mass is 19.1. The maximum absolute atomic E-state index is 12.6. The molecule has 0 unspecified atom stereocenters. The first-order valence-electron chi connectivity index (χ1n) is 5.37. The fourth-order valence-corrected chi connectivity index (χ4v) is 1.78. The molecule has 1 aliphatic rings. The third-order valence-electron chi connectivity index (χ3n) is 2.70. The molecule has 1 N–H and O–H groups in total. The van der Waals surface area contributed by atoms with Crippen molar-refractivity contribution in [1.29, 1.82) is 0 Å². The Morgan fingerprint density at radius 1 is 1.33 bits per heavy atom. The Balaban J connectivity index is 1.71. The van der Waals surface area contributed by atoms with E-state index in [9.17, 15) is 4.39 Å². The van der Waals surface area contributed by atoms with Gasteiger partial charge in [-0.05, 0) is 36.6 Å². The van der Waals surface area contributed by atoms with Crippen LogP contribution in [0.3, 0.4) is 0 Å². The maximum atomic E-state index is 12.6. The maximum Gasteiger partial charge on any atom is 0.123 e. The zero-order valence-corrected chi connectivity index (χ0v) is 8.71. The first-order valence-corrected chi connectivity index (χ1v) is 5.37. The standard InChI is InChI=1S/C12H16FNO/c13-12-3-1-10(2-4-12)8-15-9-11-5-6-14-7-11/h1-4,11,14H,5-9H2/t11-/m0/s1. The zero-order chi connectivity index (χ0) is 10.5. The fraction of sp³-hybridized carbons (Fsp3) is 0.500. The van der Waals surface area contributed by atoms with E-state index >= 15 is 0 Å². The van der Waals surface area contributed by atoms with Crippen molar-refractivity contribution in [1.82, 2.24) is 5.32 Å². The van der Waals surface area contributed by atoms with Crippen LogP contribution in [-0.2, 0) is 11.3 Å². The summed E-state index contributed by atoms with van der Waals surface area (Å²) in [5, 5.41) is 3.30. The number of rotatable bonds is 4. The molecule has 0 radical (unpaired) electrons. The SMILES string of the molecule is Fc1ccc(COC[C@H]2CCNC2)cc1. The Bertz CT molecular complexity index is 293. The smallest absolute Gasteiger partial charge is 0.123 e. The summed E-state index contributed by atoms with van der Waals surface area (Å²) in [7, 11) is 0. The van der Waals surface area contributed by atoms with Crippen molar-refractivity contribution in [3.8, 4) is 0 Å². The minimum Gasteiger partial charge on any atom is -0.376 e. The number of hydrogen-bond donors (Lipinski definition) is 1. The molecule has 0 spiro atoms. The van der Waals surface area contributed by atoms with E-state index in [0.29, 0.717) is 12.5 Å². The molecule has 15 heavy (non-hydrogen) atoms. The van der Waals surface area contributed by atoms with E-state index in [1.54, 1.807) is 12.1 Å². The Labute approximate surface area is 89.4 Å². The lowest BCUT2D eigenvalue weighted by Gasteiger charge is -2.09. The van der Waals surface area contributed by atoms with Crippen molar-refractivity contribution in [2.45, 2.75) is 13.0 Å². The van der Waals surface area contributed by atoms with Crippen LogP contribution in [0.4, 0.5) is 4.39 Å². The van der Waals surface area contributed by atoms with Crippen LogP contribution < -0.4 is 5.32 Å². The zero-order valence-electron chi connectivity index (χ0n) is 8.71. The van der Waals surface area contributed by atoms with E-state index < -0.39 is 0 Å². The monoisotopic (exact) mass is 209 g/mol. The van der Waals surface area contributed by atoms with Crippen LogP contribution >= 0.6 is 0 Å². The molecular weight excluding hydrogens is 193 g/mol. The minimum absolute atomic E-state index is 0.196. The molecule has 0 bridgehead atoms. The van der Waals surface area contributed by atoms with Gasteiger partial charge in [0.15, 0.2) is 0 Å². The second kappa shape index (κ2) is 5.24. The highest BCUT2D eigenvalue weighted by Crippen LogP contribution is 2.10. The Morgan fingerprint density at radius 3 is 2.80 bits per heavy atom. The number of hydrogen-bond acceptors (Lipinski definition) is 2. The van der Waals surface area contributed by atoms with Crippen molar-refractivity contribution in [3.05, 3.63) is 35.6 Å². The van der Waals surface area contributed by atoms with Gasteiger partial charge in [-0.25, -0.2) is 4.39 Å². The van der Waals surface area contributed by atoms with Crippen LogP contribution in [0.15, 0.2) is 24.3 Å². The van der Waals surface area contributed by atoms with Crippen LogP contribution in [0.25, 0.3) is 0 Å². The molecule has 0 saturated carbocycles. The highest BCUT2D eigenvalue weighted by Gasteiger charge is 2.13. The molecule has 2 nitrogen and oxygen atoms in total. The van der Waals surface area contributed by atoms with Crippen molar-refractivity contribution < 1.29 is 9.13 Å². The van der Waals surface area contributed by atoms with Gasteiger partial charge in [0.05, 0.1) is 13.2 Å². The lowest BCUT2D eigenvalue weighted by atomic mass is 10.1. The van der Waals surface area contributed by atoms with E-state index in [0.717, 1.165) is 25.3 Å². The fourth-order valence-electron chi connectivity index (χ4n) is 1.78. The van der Waals surface area contributed by atoms with Gasteiger partial charge in [-0.1, -0.05) is 12.1 Å². The minimum atomic E-state index is -0.196. The lowest BCUT2D eigenvalue weighted by Crippen LogP contribution is -2.13. The van der Waals surface area contributed by atoms with Gasteiger partial charge < -0.3 is 10.1 Å². The molecule has 3 heteroatoms. The quantitative estimate of drug-likeness (QED) is 0.818. The summed E-state index contributed by atoms with van der Waals surface area (Å²) in [6, 6.07) is 6.47. The average Bonchev–Trinajstić information content (AvgIpc) is 2.74. The first kappa shape index (κ1) is 10.6. The van der Waals surface area contributed by atoms with E-state index in [1.165, 1.54) is 18.6 Å². The Morgan fingerprint density at radius 2 is 2.13 bits per heavy atom. The molecule has 1 heterocycles. The number of benzene rings is 1. The van der Waals surface area contributed by atoms with Gasteiger partial charge >= 0.3 is 0 Å². The Kier molecular flexibility index (Phi) is 3.69. The summed E-state index contributed by atoms with van der Waals surface area (Å²) >= 11 is 0. The third-order valence-corrected chi connectivity index (χ3v) is 2.70. The molecule has 0 amide bonds. The van der Waals surface area contributed by atoms with Crippen LogP contribution in [0, 0.1) is 11.7 Å². The molecule has 1 saturated heterocycles. The summed E-state index contributed by atoms with van der Waals surface area (Å²) < 4.78 is 18.2. The predicted molar refractivity (Wildman–Crippen MR) is 57.0 cm³/mol. The van der Waals surface area contributed by atoms with Crippen LogP contribution in [0.5, 0.6) is 0 Å².